The number of hydrogen-bond acceptors (Lipinski definition) is 5. The van der Waals surface area contributed by atoms with Crippen LogP contribution in [0.2, 0.25) is 0 Å². The quantitative estimate of drug-likeness (QED) is 0.437. The molecule has 9 nitrogen and oxygen atoms in total. The first-order valence-corrected chi connectivity index (χ1v) is 14.1. The zero-order valence-electron chi connectivity index (χ0n) is 24.2. The molecule has 4 bridgehead atoms. The first-order chi connectivity index (χ1) is 18.4. The van der Waals surface area contributed by atoms with E-state index in [1.54, 1.807) is 6.92 Å². The molecule has 4 atom stereocenters. The Hall–Kier alpha value is -3.20. The van der Waals surface area contributed by atoms with Crippen LogP contribution in [0.25, 0.3) is 6.08 Å². The molecule has 1 fully saturated rings. The van der Waals surface area contributed by atoms with Crippen LogP contribution in [0.1, 0.15) is 90.8 Å². The highest BCUT2D eigenvalue weighted by Crippen LogP contribution is 2.28. The van der Waals surface area contributed by atoms with E-state index in [1.807, 2.05) is 39.0 Å². The Balaban J connectivity index is 1.85. The van der Waals surface area contributed by atoms with Crippen LogP contribution in [0.15, 0.2) is 30.3 Å². The minimum absolute atomic E-state index is 0.112. The average Bonchev–Trinajstić information content (AvgIpc) is 2.89. The second-order valence-corrected chi connectivity index (χ2v) is 12.0. The first kappa shape index (κ1) is 30.3. The average molecular weight is 540 g/mol. The summed E-state index contributed by atoms with van der Waals surface area (Å²) in [7, 11) is 0. The summed E-state index contributed by atoms with van der Waals surface area (Å²) in [5.74, 6) is -1.24. The van der Waals surface area contributed by atoms with Gasteiger partial charge in [0.25, 0.3) is 5.91 Å². The Labute approximate surface area is 232 Å². The summed E-state index contributed by atoms with van der Waals surface area (Å²) < 4.78 is 0. The lowest BCUT2D eigenvalue weighted by Crippen LogP contribution is -2.62. The SMILES string of the molecule is CC1NC(=O)C(C(C)C)NC(=O)CCC(C)(C)C/C=C/c2cccc(c2)[C@@H](C)NC(=O)[C@@H]2CCCN(N2)C1=O. The lowest BCUT2D eigenvalue weighted by molar-refractivity contribution is -0.143. The molecule has 0 aromatic heterocycles. The zero-order valence-corrected chi connectivity index (χ0v) is 24.2. The Bertz CT molecular complexity index is 1080. The van der Waals surface area contributed by atoms with E-state index in [0.717, 1.165) is 17.5 Å². The molecule has 2 aliphatic heterocycles. The maximum Gasteiger partial charge on any atom is 0.258 e. The molecule has 0 aliphatic carbocycles. The van der Waals surface area contributed by atoms with Crippen LogP contribution in [-0.4, -0.2) is 53.3 Å². The molecule has 1 saturated heterocycles. The lowest BCUT2D eigenvalue weighted by Gasteiger charge is -2.35. The lowest BCUT2D eigenvalue weighted by atomic mass is 9.84. The first-order valence-electron chi connectivity index (χ1n) is 14.1. The third-order valence-electron chi connectivity index (χ3n) is 7.54. The van der Waals surface area contributed by atoms with Crippen molar-refractivity contribution in [1.82, 2.24) is 26.4 Å². The fourth-order valence-corrected chi connectivity index (χ4v) is 4.91. The van der Waals surface area contributed by atoms with Gasteiger partial charge in [-0.25, -0.2) is 5.43 Å². The fraction of sp³-hybridized carbons (Fsp3) is 0.600. The van der Waals surface area contributed by atoms with Gasteiger partial charge in [0.1, 0.15) is 18.1 Å². The number of hydrazine groups is 1. The van der Waals surface area contributed by atoms with Gasteiger partial charge in [-0.05, 0) is 68.1 Å². The van der Waals surface area contributed by atoms with E-state index in [1.165, 1.54) is 5.01 Å². The van der Waals surface area contributed by atoms with Gasteiger partial charge in [0, 0.05) is 13.0 Å². The molecular formula is C30H45N5O4. The largest absolute Gasteiger partial charge is 0.348 e. The van der Waals surface area contributed by atoms with E-state index in [0.29, 0.717) is 32.2 Å². The Morgan fingerprint density at radius 2 is 1.69 bits per heavy atom. The summed E-state index contributed by atoms with van der Waals surface area (Å²) in [6.45, 7) is 12.0. The minimum atomic E-state index is -0.824. The molecule has 0 spiro atoms. The maximum atomic E-state index is 13.2. The van der Waals surface area contributed by atoms with Crippen LogP contribution in [0.4, 0.5) is 0 Å². The number of nitrogens with one attached hydrogen (secondary N) is 4. The molecule has 2 unspecified atom stereocenters. The van der Waals surface area contributed by atoms with Crippen LogP contribution in [0, 0.1) is 11.3 Å². The second-order valence-electron chi connectivity index (χ2n) is 12.0. The number of nitrogens with zero attached hydrogens (tertiary/aromatic N) is 1. The molecule has 1 aromatic rings. The van der Waals surface area contributed by atoms with E-state index in [4.69, 9.17) is 0 Å². The van der Waals surface area contributed by atoms with Crippen molar-refractivity contribution in [3.8, 4) is 0 Å². The van der Waals surface area contributed by atoms with Gasteiger partial charge in [0.15, 0.2) is 0 Å². The van der Waals surface area contributed by atoms with Gasteiger partial charge in [0.05, 0.1) is 6.04 Å². The van der Waals surface area contributed by atoms with Gasteiger partial charge in [-0.2, -0.15) is 0 Å². The zero-order chi connectivity index (χ0) is 28.7. The van der Waals surface area contributed by atoms with Crippen LogP contribution in [0.5, 0.6) is 0 Å². The molecule has 39 heavy (non-hydrogen) atoms. The number of carbonyl (C=O) groups excluding carboxylic acids is 4. The molecule has 0 radical (unpaired) electrons. The van der Waals surface area contributed by atoms with Crippen LogP contribution < -0.4 is 21.4 Å². The molecule has 4 amide bonds. The van der Waals surface area contributed by atoms with Crippen molar-refractivity contribution in [2.75, 3.05) is 6.54 Å². The van der Waals surface area contributed by atoms with Crippen molar-refractivity contribution in [1.29, 1.82) is 0 Å². The van der Waals surface area contributed by atoms with E-state index in [2.05, 4.69) is 53.4 Å². The van der Waals surface area contributed by atoms with Crippen molar-refractivity contribution in [3.63, 3.8) is 0 Å². The standard InChI is InChI=1S/C30H45N5O4/c1-19(2)26-28(38)32-21(4)29(39)35-17-9-13-24(34-35)27(37)31-20(3)23-12-7-10-22(18-23)11-8-15-30(5,6)16-14-25(36)33-26/h7-8,10-12,18-21,24,26,34H,9,13-17H2,1-6H3,(H,31,37)(H,32,38)(H,33,36)/b11-8+/t20-,21?,24+,26?/m1/s1. The van der Waals surface area contributed by atoms with Crippen LogP contribution in [0.3, 0.4) is 0 Å². The predicted molar refractivity (Wildman–Crippen MR) is 152 cm³/mol. The highest BCUT2D eigenvalue weighted by Gasteiger charge is 2.33. The Kier molecular flexibility index (Phi) is 10.3. The number of amides is 4. The summed E-state index contributed by atoms with van der Waals surface area (Å²) in [5.41, 5.74) is 4.97. The monoisotopic (exact) mass is 539 g/mol. The van der Waals surface area contributed by atoms with E-state index < -0.39 is 24.0 Å². The van der Waals surface area contributed by atoms with Crippen molar-refractivity contribution in [2.45, 2.75) is 97.8 Å². The smallest absolute Gasteiger partial charge is 0.258 e. The van der Waals surface area contributed by atoms with E-state index in [9.17, 15) is 19.2 Å². The summed E-state index contributed by atoms with van der Waals surface area (Å²) in [5, 5.41) is 10.1. The van der Waals surface area contributed by atoms with E-state index >= 15 is 0 Å². The molecule has 4 N–H and O–H groups in total. The number of carbonyl (C=O) groups is 4. The number of fused-ring (bicyclic) bond motifs is 4. The molecule has 0 saturated carbocycles. The highest BCUT2D eigenvalue weighted by molar-refractivity contribution is 5.92. The third kappa shape index (κ3) is 8.65. The highest BCUT2D eigenvalue weighted by atomic mass is 16.2. The predicted octanol–water partition coefficient (Wildman–Crippen LogP) is 3.23. The summed E-state index contributed by atoms with van der Waals surface area (Å²) in [4.78, 5) is 52.2. The minimum Gasteiger partial charge on any atom is -0.348 e. The Morgan fingerprint density at radius 3 is 2.41 bits per heavy atom. The number of hydrogen-bond donors (Lipinski definition) is 4. The van der Waals surface area contributed by atoms with Crippen molar-refractivity contribution < 1.29 is 19.2 Å². The summed E-state index contributed by atoms with van der Waals surface area (Å²) in [6, 6.07) is 5.71. The molecule has 3 rings (SSSR count). The summed E-state index contributed by atoms with van der Waals surface area (Å²) in [6.07, 6.45) is 7.20. The topological polar surface area (TPSA) is 120 Å². The number of allylic oxidation sites excluding steroid dienone is 1. The molecule has 9 heteroatoms. The molecule has 2 aliphatic rings. The van der Waals surface area contributed by atoms with Gasteiger partial charge >= 0.3 is 0 Å². The van der Waals surface area contributed by atoms with Crippen LogP contribution in [-0.2, 0) is 19.2 Å². The number of rotatable bonds is 1. The van der Waals surface area contributed by atoms with Crippen molar-refractivity contribution in [2.24, 2.45) is 11.3 Å². The van der Waals surface area contributed by atoms with Gasteiger partial charge in [-0.3, -0.25) is 24.2 Å². The number of benzene rings is 1. The maximum absolute atomic E-state index is 13.2. The van der Waals surface area contributed by atoms with Gasteiger partial charge in [-0.15, -0.1) is 0 Å². The van der Waals surface area contributed by atoms with Gasteiger partial charge in [0.2, 0.25) is 17.7 Å². The third-order valence-corrected chi connectivity index (χ3v) is 7.54. The van der Waals surface area contributed by atoms with E-state index in [-0.39, 0.29) is 35.1 Å². The van der Waals surface area contributed by atoms with Gasteiger partial charge in [-0.1, -0.05) is 58.0 Å². The Morgan fingerprint density at radius 1 is 0.974 bits per heavy atom. The van der Waals surface area contributed by atoms with Crippen molar-refractivity contribution >= 4 is 29.7 Å². The second kappa shape index (κ2) is 13.2. The van der Waals surface area contributed by atoms with Crippen LogP contribution >= 0.6 is 0 Å². The normalized spacial score (nSPS) is 28.4. The van der Waals surface area contributed by atoms with Crippen molar-refractivity contribution in [3.05, 3.63) is 41.5 Å². The molecule has 1 aromatic carbocycles. The summed E-state index contributed by atoms with van der Waals surface area (Å²) >= 11 is 0. The molecule has 214 valence electrons. The molecule has 2 heterocycles. The molecular weight excluding hydrogens is 494 g/mol. The fourth-order valence-electron chi connectivity index (χ4n) is 4.91. The van der Waals surface area contributed by atoms with Gasteiger partial charge < -0.3 is 16.0 Å².